The number of esters is 1. The summed E-state index contributed by atoms with van der Waals surface area (Å²) in [7, 11) is 1.66. The van der Waals surface area contributed by atoms with Gasteiger partial charge in [-0.2, -0.15) is 0 Å². The highest BCUT2D eigenvalue weighted by Gasteiger charge is 2.62. The van der Waals surface area contributed by atoms with Crippen molar-refractivity contribution in [3.8, 4) is 0 Å². The van der Waals surface area contributed by atoms with Crippen molar-refractivity contribution < 1.29 is 28.6 Å². The van der Waals surface area contributed by atoms with Crippen molar-refractivity contribution in [1.29, 1.82) is 0 Å². The lowest BCUT2D eigenvalue weighted by Gasteiger charge is -2.33. The van der Waals surface area contributed by atoms with E-state index in [0.29, 0.717) is 12.3 Å². The summed E-state index contributed by atoms with van der Waals surface area (Å²) in [6, 6.07) is 8.81. The number of methoxy groups -OCH3 is 1. The SMILES string of the molecule is CC[C@H](C)[C@@]1([C@@H](CC(=O)OC(C)(C)C)OC)C[C@@H]1CC(C)C(=O)[C@@H](NC(=O)OCc1ccccc1)C(C)C. The van der Waals surface area contributed by atoms with E-state index in [1.165, 1.54) is 0 Å². The van der Waals surface area contributed by atoms with Crippen LogP contribution in [0.3, 0.4) is 0 Å². The third-order valence-corrected chi connectivity index (χ3v) is 7.97. The first-order valence-corrected chi connectivity index (χ1v) is 14.0. The number of hydrogen-bond donors (Lipinski definition) is 1. The molecule has 6 atom stereocenters. The highest BCUT2D eigenvalue weighted by Crippen LogP contribution is 2.64. The van der Waals surface area contributed by atoms with Crippen LogP contribution in [0.5, 0.6) is 0 Å². The Hall–Kier alpha value is -2.41. The fourth-order valence-corrected chi connectivity index (χ4v) is 5.70. The van der Waals surface area contributed by atoms with Crippen LogP contribution in [0, 0.1) is 29.1 Å². The maximum atomic E-state index is 13.5. The Kier molecular flexibility index (Phi) is 11.4. The molecule has 1 unspecified atom stereocenters. The molecular formula is C31H49NO6. The summed E-state index contributed by atoms with van der Waals surface area (Å²) < 4.78 is 16.8. The number of ketones is 1. The summed E-state index contributed by atoms with van der Waals surface area (Å²) in [6.45, 7) is 15.9. The van der Waals surface area contributed by atoms with Crippen LogP contribution in [0.15, 0.2) is 30.3 Å². The van der Waals surface area contributed by atoms with Crippen molar-refractivity contribution in [2.45, 2.75) is 105 Å². The molecule has 0 saturated heterocycles. The molecule has 0 heterocycles. The fraction of sp³-hybridized carbons (Fsp3) is 0.710. The van der Waals surface area contributed by atoms with Crippen LogP contribution in [0.1, 0.15) is 86.6 Å². The molecule has 1 N–H and O–H groups in total. The van der Waals surface area contributed by atoms with E-state index in [1.807, 2.05) is 71.9 Å². The normalized spacial score (nSPS) is 22.2. The molecule has 0 radical (unpaired) electrons. The van der Waals surface area contributed by atoms with Gasteiger partial charge < -0.3 is 19.5 Å². The average molecular weight is 532 g/mol. The van der Waals surface area contributed by atoms with Crippen molar-refractivity contribution in [2.75, 3.05) is 7.11 Å². The van der Waals surface area contributed by atoms with Gasteiger partial charge in [-0.15, -0.1) is 0 Å². The Labute approximate surface area is 229 Å². The predicted octanol–water partition coefficient (Wildman–Crippen LogP) is 6.33. The molecule has 1 aromatic carbocycles. The molecule has 0 aliphatic heterocycles. The Bertz CT molecular complexity index is 924. The summed E-state index contributed by atoms with van der Waals surface area (Å²) in [6.07, 6.45) is 1.87. The van der Waals surface area contributed by atoms with Crippen LogP contribution in [0.25, 0.3) is 0 Å². The largest absolute Gasteiger partial charge is 0.460 e. The molecular weight excluding hydrogens is 482 g/mol. The van der Waals surface area contributed by atoms with Crippen molar-refractivity contribution in [3.63, 3.8) is 0 Å². The van der Waals surface area contributed by atoms with E-state index in [4.69, 9.17) is 14.2 Å². The summed E-state index contributed by atoms with van der Waals surface area (Å²) in [5, 5.41) is 2.80. The zero-order valence-corrected chi connectivity index (χ0v) is 24.8. The first kappa shape index (κ1) is 31.8. The number of benzene rings is 1. The van der Waals surface area contributed by atoms with Crippen LogP contribution in [0.4, 0.5) is 4.79 Å². The van der Waals surface area contributed by atoms with E-state index in [2.05, 4.69) is 19.2 Å². The van der Waals surface area contributed by atoms with E-state index in [9.17, 15) is 14.4 Å². The summed E-state index contributed by atoms with van der Waals surface area (Å²) in [5.41, 5.74) is 0.159. The number of carbonyl (C=O) groups excluding carboxylic acids is 3. The molecule has 0 aromatic heterocycles. The monoisotopic (exact) mass is 531 g/mol. The average Bonchev–Trinajstić information content (AvgIpc) is 3.57. The molecule has 1 aliphatic carbocycles. The first-order valence-electron chi connectivity index (χ1n) is 14.0. The number of hydrogen-bond acceptors (Lipinski definition) is 6. The van der Waals surface area contributed by atoms with Crippen LogP contribution in [0.2, 0.25) is 0 Å². The number of rotatable bonds is 14. The fourth-order valence-electron chi connectivity index (χ4n) is 5.70. The van der Waals surface area contributed by atoms with Crippen molar-refractivity contribution in [3.05, 3.63) is 35.9 Å². The second-order valence-electron chi connectivity index (χ2n) is 12.3. The molecule has 2 rings (SSSR count). The van der Waals surface area contributed by atoms with Gasteiger partial charge in [0.05, 0.1) is 18.6 Å². The smallest absolute Gasteiger partial charge is 0.408 e. The van der Waals surface area contributed by atoms with Crippen LogP contribution < -0.4 is 5.32 Å². The minimum Gasteiger partial charge on any atom is -0.460 e. The van der Waals surface area contributed by atoms with Crippen LogP contribution in [-0.2, 0) is 30.4 Å². The molecule has 1 saturated carbocycles. The summed E-state index contributed by atoms with van der Waals surface area (Å²) in [4.78, 5) is 38.7. The lowest BCUT2D eigenvalue weighted by molar-refractivity contribution is -0.159. The van der Waals surface area contributed by atoms with Gasteiger partial charge in [0, 0.05) is 18.4 Å². The van der Waals surface area contributed by atoms with Gasteiger partial charge in [-0.1, -0.05) is 71.4 Å². The number of amides is 1. The van der Waals surface area contributed by atoms with Crippen LogP contribution >= 0.6 is 0 Å². The van der Waals surface area contributed by atoms with Gasteiger partial charge in [-0.25, -0.2) is 4.79 Å². The lowest BCUT2D eigenvalue weighted by Crippen LogP contribution is -2.46. The van der Waals surface area contributed by atoms with Gasteiger partial charge in [0.2, 0.25) is 0 Å². The maximum Gasteiger partial charge on any atom is 0.408 e. The molecule has 7 heteroatoms. The number of nitrogens with one attached hydrogen (secondary N) is 1. The second-order valence-corrected chi connectivity index (χ2v) is 12.3. The quantitative estimate of drug-likeness (QED) is 0.282. The number of ether oxygens (including phenoxy) is 3. The Balaban J connectivity index is 2.05. The standard InChI is InChI=1S/C31H49NO6/c1-10-22(5)31(25(36-9)17-26(33)38-30(6,7)8)18-24(31)16-21(4)28(34)27(20(2)3)32-29(35)37-19-23-14-12-11-13-15-23/h11-15,20-22,24-25,27H,10,16-19H2,1-9H3,(H,32,35)/t21?,22-,24-,25+,27-,31-/m0/s1. The van der Waals surface area contributed by atoms with Crippen molar-refractivity contribution >= 4 is 17.8 Å². The van der Waals surface area contributed by atoms with E-state index in [-0.39, 0.29) is 54.1 Å². The summed E-state index contributed by atoms with van der Waals surface area (Å²) >= 11 is 0. The number of alkyl carbamates (subject to hydrolysis) is 1. The minimum absolute atomic E-state index is 0.00252. The highest BCUT2D eigenvalue weighted by atomic mass is 16.6. The summed E-state index contributed by atoms with van der Waals surface area (Å²) in [5.74, 6) is -0.0168. The van der Waals surface area contributed by atoms with E-state index in [1.54, 1.807) is 7.11 Å². The highest BCUT2D eigenvalue weighted by molar-refractivity contribution is 5.89. The Morgan fingerprint density at radius 3 is 2.24 bits per heavy atom. The number of carbonyl (C=O) groups is 3. The Morgan fingerprint density at radius 1 is 1.08 bits per heavy atom. The molecule has 1 aliphatic rings. The van der Waals surface area contributed by atoms with Crippen molar-refractivity contribution in [1.82, 2.24) is 5.32 Å². The maximum absolute atomic E-state index is 13.5. The topological polar surface area (TPSA) is 90.9 Å². The molecule has 0 bridgehead atoms. The molecule has 214 valence electrons. The van der Waals surface area contributed by atoms with E-state index >= 15 is 0 Å². The van der Waals surface area contributed by atoms with E-state index < -0.39 is 17.7 Å². The molecule has 7 nitrogen and oxygen atoms in total. The van der Waals surface area contributed by atoms with Crippen LogP contribution in [-0.4, -0.2) is 42.7 Å². The molecule has 0 spiro atoms. The molecule has 1 fully saturated rings. The van der Waals surface area contributed by atoms with Gasteiger partial charge in [-0.3, -0.25) is 9.59 Å². The molecule has 1 aromatic rings. The van der Waals surface area contributed by atoms with Gasteiger partial charge in [-0.05, 0) is 56.9 Å². The predicted molar refractivity (Wildman–Crippen MR) is 148 cm³/mol. The van der Waals surface area contributed by atoms with Gasteiger partial charge in [0.25, 0.3) is 0 Å². The van der Waals surface area contributed by atoms with Gasteiger partial charge in [0.15, 0.2) is 5.78 Å². The van der Waals surface area contributed by atoms with E-state index in [0.717, 1.165) is 18.4 Å². The third-order valence-electron chi connectivity index (χ3n) is 7.97. The number of Topliss-reactive ketones (excluding diaryl/α,β-unsaturated/α-hetero) is 1. The molecule has 1 amide bonds. The second kappa shape index (κ2) is 13.6. The Morgan fingerprint density at radius 2 is 1.71 bits per heavy atom. The lowest BCUT2D eigenvalue weighted by atomic mass is 9.78. The zero-order valence-electron chi connectivity index (χ0n) is 24.8. The molecule has 38 heavy (non-hydrogen) atoms. The van der Waals surface area contributed by atoms with Gasteiger partial charge in [0.1, 0.15) is 12.2 Å². The zero-order chi connectivity index (χ0) is 28.7. The first-order chi connectivity index (χ1) is 17.7. The third kappa shape index (κ3) is 8.55. The van der Waals surface area contributed by atoms with Gasteiger partial charge >= 0.3 is 12.1 Å². The minimum atomic E-state index is -0.634. The van der Waals surface area contributed by atoms with Crippen molar-refractivity contribution in [2.24, 2.45) is 29.1 Å².